The summed E-state index contributed by atoms with van der Waals surface area (Å²) in [4.78, 5) is 0. The minimum Gasteiger partial charge on any atom is -0.385 e. The van der Waals surface area contributed by atoms with Crippen LogP contribution in [0, 0.1) is 5.82 Å². The lowest BCUT2D eigenvalue weighted by Crippen LogP contribution is -2.01. The van der Waals surface area contributed by atoms with Crippen LogP contribution in [-0.2, 0) is 0 Å². The maximum atomic E-state index is 12.8. The van der Waals surface area contributed by atoms with Gasteiger partial charge >= 0.3 is 0 Å². The second-order valence-electron chi connectivity index (χ2n) is 3.26. The molecule has 15 heavy (non-hydrogen) atoms. The van der Waals surface area contributed by atoms with E-state index in [0.29, 0.717) is 0 Å². The highest BCUT2D eigenvalue weighted by Crippen LogP contribution is 2.19. The van der Waals surface area contributed by atoms with Crippen molar-refractivity contribution in [1.82, 2.24) is 0 Å². The summed E-state index contributed by atoms with van der Waals surface area (Å²) >= 11 is 7.51. The first-order chi connectivity index (χ1) is 7.24. The van der Waals surface area contributed by atoms with Gasteiger partial charge in [-0.05, 0) is 43.0 Å². The van der Waals surface area contributed by atoms with Crippen molar-refractivity contribution in [1.29, 1.82) is 0 Å². The van der Waals surface area contributed by atoms with Crippen molar-refractivity contribution in [2.24, 2.45) is 0 Å². The van der Waals surface area contributed by atoms with Crippen LogP contribution in [-0.4, -0.2) is 18.6 Å². The Balaban J connectivity index is 2.28. The Labute approximate surface area is 99.4 Å². The van der Waals surface area contributed by atoms with E-state index >= 15 is 0 Å². The number of thioether (sulfide) groups is 1. The van der Waals surface area contributed by atoms with E-state index in [2.05, 4.69) is 11.6 Å². The molecule has 0 unspecified atom stereocenters. The quantitative estimate of drug-likeness (QED) is 0.762. The van der Waals surface area contributed by atoms with Crippen LogP contribution < -0.4 is 5.32 Å². The minimum absolute atomic E-state index is 0.170. The number of anilines is 1. The number of rotatable bonds is 6. The van der Waals surface area contributed by atoms with Crippen molar-refractivity contribution in [3.63, 3.8) is 0 Å². The second kappa shape index (κ2) is 6.96. The highest BCUT2D eigenvalue weighted by Gasteiger charge is 1.99. The maximum Gasteiger partial charge on any atom is 0.141 e. The summed E-state index contributed by atoms with van der Waals surface area (Å²) in [6.45, 7) is 0.905. The van der Waals surface area contributed by atoms with E-state index in [1.54, 1.807) is 12.1 Å². The molecule has 1 N–H and O–H groups in total. The zero-order valence-corrected chi connectivity index (χ0v) is 10.3. The molecule has 0 amide bonds. The number of hydrogen-bond donors (Lipinski definition) is 1. The third-order valence-electron chi connectivity index (χ3n) is 2.02. The van der Waals surface area contributed by atoms with E-state index in [0.717, 1.165) is 18.7 Å². The third kappa shape index (κ3) is 4.76. The Morgan fingerprint density at radius 2 is 2.20 bits per heavy atom. The van der Waals surface area contributed by atoms with Gasteiger partial charge in [0.1, 0.15) is 5.82 Å². The van der Waals surface area contributed by atoms with Crippen molar-refractivity contribution in [2.75, 3.05) is 23.9 Å². The van der Waals surface area contributed by atoms with Crippen molar-refractivity contribution >= 4 is 29.1 Å². The van der Waals surface area contributed by atoms with Gasteiger partial charge in [0.05, 0.1) is 5.02 Å². The monoisotopic (exact) mass is 247 g/mol. The van der Waals surface area contributed by atoms with E-state index in [4.69, 9.17) is 11.6 Å². The van der Waals surface area contributed by atoms with Crippen molar-refractivity contribution < 1.29 is 4.39 Å². The topological polar surface area (TPSA) is 12.0 Å². The van der Waals surface area contributed by atoms with Gasteiger partial charge in [0.2, 0.25) is 0 Å². The van der Waals surface area contributed by atoms with Crippen molar-refractivity contribution in [2.45, 2.75) is 12.8 Å². The molecule has 0 heterocycles. The SMILES string of the molecule is CSCCCCNc1ccc(F)c(Cl)c1. The molecule has 0 atom stereocenters. The number of benzene rings is 1. The molecule has 0 aliphatic rings. The van der Waals surface area contributed by atoms with Crippen molar-refractivity contribution in [3.05, 3.63) is 29.0 Å². The van der Waals surface area contributed by atoms with Gasteiger partial charge in [-0.25, -0.2) is 4.39 Å². The molecule has 0 aliphatic carbocycles. The predicted molar refractivity (Wildman–Crippen MR) is 67.5 cm³/mol. The molecule has 4 heteroatoms. The minimum atomic E-state index is -0.371. The van der Waals surface area contributed by atoms with E-state index in [1.165, 1.54) is 18.2 Å². The molecule has 0 saturated carbocycles. The fourth-order valence-electron chi connectivity index (χ4n) is 1.21. The molecule has 0 radical (unpaired) electrons. The van der Waals surface area contributed by atoms with Crippen molar-refractivity contribution in [3.8, 4) is 0 Å². The van der Waals surface area contributed by atoms with E-state index in [1.807, 2.05) is 11.8 Å². The fourth-order valence-corrected chi connectivity index (χ4v) is 1.88. The molecule has 0 fully saturated rings. The van der Waals surface area contributed by atoms with Crippen LogP contribution in [0.1, 0.15) is 12.8 Å². The average molecular weight is 248 g/mol. The van der Waals surface area contributed by atoms with E-state index in [-0.39, 0.29) is 10.8 Å². The normalized spacial score (nSPS) is 10.3. The molecule has 0 aromatic heterocycles. The predicted octanol–water partition coefficient (Wildman–Crippen LogP) is 4.03. The van der Waals surface area contributed by atoms with Gasteiger partial charge in [0.25, 0.3) is 0 Å². The second-order valence-corrected chi connectivity index (χ2v) is 4.65. The first-order valence-corrected chi connectivity index (χ1v) is 6.69. The summed E-state index contributed by atoms with van der Waals surface area (Å²) in [5.41, 5.74) is 0.880. The summed E-state index contributed by atoms with van der Waals surface area (Å²) in [6, 6.07) is 4.70. The van der Waals surface area contributed by atoms with Gasteiger partial charge in [-0.2, -0.15) is 11.8 Å². The van der Waals surface area contributed by atoms with Crippen LogP contribution in [0.3, 0.4) is 0 Å². The van der Waals surface area contributed by atoms with E-state index < -0.39 is 0 Å². The largest absolute Gasteiger partial charge is 0.385 e. The summed E-state index contributed by atoms with van der Waals surface area (Å²) in [5.74, 6) is 0.816. The molecule has 0 aliphatic heterocycles. The summed E-state index contributed by atoms with van der Waals surface area (Å²) in [6.07, 6.45) is 4.42. The van der Waals surface area contributed by atoms with Crippen LogP contribution in [0.15, 0.2) is 18.2 Å². The summed E-state index contributed by atoms with van der Waals surface area (Å²) in [7, 11) is 0. The molecule has 1 aromatic carbocycles. The Hall–Kier alpha value is -0.410. The number of unbranched alkanes of at least 4 members (excludes halogenated alkanes) is 1. The first kappa shape index (κ1) is 12.7. The lowest BCUT2D eigenvalue weighted by atomic mass is 10.3. The average Bonchev–Trinajstić information content (AvgIpc) is 2.23. The molecular weight excluding hydrogens is 233 g/mol. The Kier molecular flexibility index (Phi) is 5.88. The first-order valence-electron chi connectivity index (χ1n) is 4.92. The molecule has 1 rings (SSSR count). The molecule has 0 spiro atoms. The van der Waals surface area contributed by atoms with Crippen LogP contribution >= 0.6 is 23.4 Å². The Morgan fingerprint density at radius 3 is 2.87 bits per heavy atom. The summed E-state index contributed by atoms with van der Waals surface area (Å²) < 4.78 is 12.8. The standard InChI is InChI=1S/C11H15ClFNS/c1-15-7-3-2-6-14-9-4-5-11(13)10(12)8-9/h4-5,8,14H,2-3,6-7H2,1H3. The maximum absolute atomic E-state index is 12.8. The summed E-state index contributed by atoms with van der Waals surface area (Å²) in [5, 5.41) is 3.38. The van der Waals surface area contributed by atoms with Crippen LogP contribution in [0.2, 0.25) is 5.02 Å². The lowest BCUT2D eigenvalue weighted by molar-refractivity contribution is 0.628. The smallest absolute Gasteiger partial charge is 0.141 e. The zero-order chi connectivity index (χ0) is 11.1. The van der Waals surface area contributed by atoms with Gasteiger partial charge in [0, 0.05) is 12.2 Å². The van der Waals surface area contributed by atoms with Gasteiger partial charge in [0.15, 0.2) is 0 Å². The van der Waals surface area contributed by atoms with Gasteiger partial charge in [-0.3, -0.25) is 0 Å². The molecule has 84 valence electrons. The molecule has 1 aromatic rings. The fraction of sp³-hybridized carbons (Fsp3) is 0.455. The third-order valence-corrected chi connectivity index (χ3v) is 3.01. The van der Waals surface area contributed by atoms with Crippen LogP contribution in [0.5, 0.6) is 0 Å². The Bertz CT molecular complexity index is 307. The molecule has 1 nitrogen and oxygen atoms in total. The number of halogens is 2. The highest BCUT2D eigenvalue weighted by atomic mass is 35.5. The Morgan fingerprint density at radius 1 is 1.40 bits per heavy atom. The highest BCUT2D eigenvalue weighted by molar-refractivity contribution is 7.98. The number of hydrogen-bond acceptors (Lipinski definition) is 2. The van der Waals surface area contributed by atoms with Gasteiger partial charge in [-0.1, -0.05) is 11.6 Å². The molecule has 0 saturated heterocycles. The van der Waals surface area contributed by atoms with Crippen LogP contribution in [0.25, 0.3) is 0 Å². The number of nitrogens with one attached hydrogen (secondary N) is 1. The van der Waals surface area contributed by atoms with Gasteiger partial charge < -0.3 is 5.32 Å². The van der Waals surface area contributed by atoms with Crippen LogP contribution in [0.4, 0.5) is 10.1 Å². The molecular formula is C11H15ClFNS. The van der Waals surface area contributed by atoms with Gasteiger partial charge in [-0.15, -0.1) is 0 Å². The zero-order valence-electron chi connectivity index (χ0n) is 8.72. The van der Waals surface area contributed by atoms with E-state index in [9.17, 15) is 4.39 Å². The molecule has 0 bridgehead atoms. The lowest BCUT2D eigenvalue weighted by Gasteiger charge is -2.06.